The molecule has 4 aliphatic carbocycles. The van der Waals surface area contributed by atoms with E-state index in [1.807, 2.05) is 26.3 Å². The van der Waals surface area contributed by atoms with E-state index in [4.69, 9.17) is 4.74 Å². The zero-order chi connectivity index (χ0) is 26.5. The van der Waals surface area contributed by atoms with E-state index in [0.29, 0.717) is 10.8 Å². The van der Waals surface area contributed by atoms with Crippen molar-refractivity contribution in [1.29, 1.82) is 0 Å². The van der Waals surface area contributed by atoms with Gasteiger partial charge in [-0.2, -0.15) is 0 Å². The third-order valence-corrected chi connectivity index (χ3v) is 11.6. The summed E-state index contributed by atoms with van der Waals surface area (Å²) in [6, 6.07) is 0. The highest BCUT2D eigenvalue weighted by Gasteiger charge is 2.57. The van der Waals surface area contributed by atoms with Gasteiger partial charge in [0.25, 0.3) is 0 Å². The minimum atomic E-state index is -0.418. The number of fused-ring (bicyclic) bond motifs is 5. The fourth-order valence-electron chi connectivity index (χ4n) is 9.13. The van der Waals surface area contributed by atoms with Crippen LogP contribution in [0.2, 0.25) is 0 Å². The molecule has 0 aromatic heterocycles. The van der Waals surface area contributed by atoms with Crippen molar-refractivity contribution in [3.05, 3.63) is 22.8 Å². The van der Waals surface area contributed by atoms with Crippen LogP contribution in [0.15, 0.2) is 22.8 Å². The maximum Gasteiger partial charge on any atom is 0.311 e. The molecule has 0 spiro atoms. The van der Waals surface area contributed by atoms with Crippen LogP contribution in [-0.4, -0.2) is 12.1 Å². The Morgan fingerprint density at radius 1 is 1.11 bits per heavy atom. The fraction of sp³-hybridized carbons (Fsp3) is 0.853. The zero-order valence-corrected chi connectivity index (χ0v) is 25.1. The summed E-state index contributed by atoms with van der Waals surface area (Å²) in [5.41, 5.74) is 5.50. The van der Waals surface area contributed by atoms with Crippen molar-refractivity contribution in [3.8, 4) is 0 Å². The fourth-order valence-corrected chi connectivity index (χ4v) is 9.13. The molecule has 0 aliphatic heterocycles. The van der Waals surface area contributed by atoms with Crippen LogP contribution >= 0.6 is 0 Å². The molecule has 0 saturated heterocycles. The lowest BCUT2D eigenvalue weighted by molar-refractivity contribution is -0.160. The predicted molar refractivity (Wildman–Crippen MR) is 158 cm³/mol. The highest BCUT2D eigenvalue weighted by atomic mass is 16.5. The van der Waals surface area contributed by atoms with E-state index in [0.717, 1.165) is 42.4 Å². The summed E-state index contributed by atoms with van der Waals surface area (Å²) in [6.07, 6.45) is 16.6. The second kappa shape index (κ2) is 10.3. The van der Waals surface area contributed by atoms with E-state index in [9.17, 15) is 4.79 Å². The molecule has 0 radical (unpaired) electrons. The Morgan fingerprint density at radius 2 is 1.78 bits per heavy atom. The van der Waals surface area contributed by atoms with Gasteiger partial charge in [0.05, 0.1) is 5.41 Å². The molecule has 0 aromatic carbocycles. The van der Waals surface area contributed by atoms with E-state index in [1.54, 1.807) is 11.1 Å². The molecule has 2 heteroatoms. The van der Waals surface area contributed by atoms with Crippen molar-refractivity contribution in [2.45, 2.75) is 139 Å². The summed E-state index contributed by atoms with van der Waals surface area (Å²) >= 11 is 0. The van der Waals surface area contributed by atoms with Gasteiger partial charge in [0.15, 0.2) is 0 Å². The van der Waals surface area contributed by atoms with Gasteiger partial charge >= 0.3 is 5.97 Å². The SMILES string of the molecule is CC[C@H](CC/C(C)=C1\CCC2[C@@H]3CC=C4C[C@@H](OC(=O)C(C)(C)C)CC[C@]4(C)C3CCC12C)C(C)C.[HH].[HH].[HH]. The second-order valence-electron chi connectivity index (χ2n) is 15.0. The third kappa shape index (κ3) is 5.01. The number of carbonyl (C=O) groups excluding carboxylic acids is 1. The topological polar surface area (TPSA) is 26.3 Å². The number of hydrogen-bond donors (Lipinski definition) is 0. The van der Waals surface area contributed by atoms with E-state index in [2.05, 4.69) is 47.6 Å². The molecule has 36 heavy (non-hydrogen) atoms. The quantitative estimate of drug-likeness (QED) is 0.267. The second-order valence-corrected chi connectivity index (χ2v) is 15.0. The zero-order valence-electron chi connectivity index (χ0n) is 25.1. The van der Waals surface area contributed by atoms with E-state index < -0.39 is 5.41 Å². The van der Waals surface area contributed by atoms with Gasteiger partial charge in [-0.05, 0) is 126 Å². The van der Waals surface area contributed by atoms with Crippen LogP contribution in [-0.2, 0) is 9.53 Å². The molecule has 0 aromatic rings. The van der Waals surface area contributed by atoms with E-state index >= 15 is 0 Å². The standard InChI is InChI=1S/C34H56O2.3H2/c1-10-24(22(2)3)12-11-23(4)28-15-16-29-27-14-13-25-21-26(36-31(35)32(5,6)7)17-19-33(25,8)30(27)18-20-34(28,29)9;;;/h13,22,24,26-27,29-30H,10-12,14-21H2,1-9H3;3*1H/b28-23+;;;/t24-,26+,27+,29?,30?,33+,34?;;;/m1.../s1. The number of rotatable bonds is 6. The molecule has 0 amide bonds. The molecule has 210 valence electrons. The van der Waals surface area contributed by atoms with Gasteiger partial charge in [0.1, 0.15) is 6.10 Å². The molecule has 3 unspecified atom stereocenters. The molecular weight excluding hydrogens is 440 g/mol. The average molecular weight is 503 g/mol. The Hall–Kier alpha value is -1.05. The molecule has 7 atom stereocenters. The van der Waals surface area contributed by atoms with Gasteiger partial charge in [0, 0.05) is 10.7 Å². The maximum atomic E-state index is 12.5. The van der Waals surface area contributed by atoms with Crippen LogP contribution in [0, 0.1) is 45.8 Å². The van der Waals surface area contributed by atoms with Crippen LogP contribution in [0.25, 0.3) is 0 Å². The third-order valence-electron chi connectivity index (χ3n) is 11.6. The monoisotopic (exact) mass is 502 g/mol. The van der Waals surface area contributed by atoms with Gasteiger partial charge in [-0.3, -0.25) is 4.79 Å². The van der Waals surface area contributed by atoms with Crippen molar-refractivity contribution in [1.82, 2.24) is 0 Å². The van der Waals surface area contributed by atoms with Crippen LogP contribution in [0.3, 0.4) is 0 Å². The Kier molecular flexibility index (Phi) is 7.97. The Balaban J connectivity index is 0.00000253. The van der Waals surface area contributed by atoms with E-state index in [-0.39, 0.29) is 16.4 Å². The average Bonchev–Trinajstić information content (AvgIpc) is 3.16. The lowest BCUT2D eigenvalue weighted by Crippen LogP contribution is -2.50. The van der Waals surface area contributed by atoms with Crippen molar-refractivity contribution in [3.63, 3.8) is 0 Å². The first kappa shape index (κ1) is 28.0. The van der Waals surface area contributed by atoms with Gasteiger partial charge in [-0.15, -0.1) is 0 Å². The highest BCUT2D eigenvalue weighted by Crippen LogP contribution is 2.66. The normalized spacial score (nSPS) is 38.6. The minimum absolute atomic E-state index is 0. The van der Waals surface area contributed by atoms with Gasteiger partial charge in [0.2, 0.25) is 0 Å². The van der Waals surface area contributed by atoms with Crippen molar-refractivity contribution in [2.24, 2.45) is 45.8 Å². The van der Waals surface area contributed by atoms with Crippen LogP contribution < -0.4 is 0 Å². The predicted octanol–water partition coefficient (Wildman–Crippen LogP) is 10.4. The van der Waals surface area contributed by atoms with Crippen molar-refractivity contribution in [2.75, 3.05) is 0 Å². The smallest absolute Gasteiger partial charge is 0.311 e. The molecule has 0 heterocycles. The van der Waals surface area contributed by atoms with Crippen LogP contribution in [0.4, 0.5) is 0 Å². The lowest BCUT2D eigenvalue weighted by Gasteiger charge is -2.57. The first-order valence-corrected chi connectivity index (χ1v) is 15.4. The summed E-state index contributed by atoms with van der Waals surface area (Å²) in [5.74, 6) is 4.10. The number of allylic oxidation sites excluding steroid dienone is 3. The summed E-state index contributed by atoms with van der Waals surface area (Å²) in [5, 5.41) is 0. The Labute approximate surface area is 227 Å². The van der Waals surface area contributed by atoms with Gasteiger partial charge in [-0.25, -0.2) is 0 Å². The summed E-state index contributed by atoms with van der Waals surface area (Å²) in [7, 11) is 0. The largest absolute Gasteiger partial charge is 0.462 e. The molecule has 4 aliphatic rings. The Morgan fingerprint density at radius 3 is 2.42 bits per heavy atom. The first-order chi connectivity index (χ1) is 16.8. The van der Waals surface area contributed by atoms with Gasteiger partial charge < -0.3 is 4.74 Å². The lowest BCUT2D eigenvalue weighted by atomic mass is 9.47. The molecule has 0 N–H and O–H groups in total. The number of ether oxygens (including phenoxy) is 1. The molecular formula is C34H62O2. The molecule has 3 saturated carbocycles. The molecule has 3 fully saturated rings. The van der Waals surface area contributed by atoms with E-state index in [1.165, 1.54) is 57.8 Å². The number of esters is 1. The van der Waals surface area contributed by atoms with Crippen LogP contribution in [0.5, 0.6) is 0 Å². The number of hydrogen-bond acceptors (Lipinski definition) is 2. The summed E-state index contributed by atoms with van der Waals surface area (Å²) in [6.45, 7) is 20.7. The summed E-state index contributed by atoms with van der Waals surface area (Å²) in [4.78, 5) is 12.5. The maximum absolute atomic E-state index is 12.5. The molecule has 2 nitrogen and oxygen atoms in total. The van der Waals surface area contributed by atoms with Crippen LogP contribution in [0.1, 0.15) is 137 Å². The Bertz CT molecular complexity index is 901. The van der Waals surface area contributed by atoms with Crippen molar-refractivity contribution >= 4 is 5.97 Å². The minimum Gasteiger partial charge on any atom is -0.462 e. The van der Waals surface area contributed by atoms with Crippen molar-refractivity contribution < 1.29 is 13.8 Å². The van der Waals surface area contributed by atoms with Gasteiger partial charge in [-0.1, -0.05) is 63.8 Å². The molecule has 0 bridgehead atoms. The summed E-state index contributed by atoms with van der Waals surface area (Å²) < 4.78 is 5.99. The highest BCUT2D eigenvalue weighted by molar-refractivity contribution is 5.75. The first-order valence-electron chi connectivity index (χ1n) is 15.4. The molecule has 4 rings (SSSR count). The number of carbonyl (C=O) groups is 1.